The highest BCUT2D eigenvalue weighted by Crippen LogP contribution is 2.18. The van der Waals surface area contributed by atoms with Crippen molar-refractivity contribution < 1.29 is 23.2 Å². The van der Waals surface area contributed by atoms with Crippen LogP contribution in [0.4, 0.5) is 19.3 Å². The molecule has 0 atom stereocenters. The van der Waals surface area contributed by atoms with Crippen molar-refractivity contribution in [2.24, 2.45) is 0 Å². The van der Waals surface area contributed by atoms with Gasteiger partial charge in [-0.3, -0.25) is 14.5 Å². The van der Waals surface area contributed by atoms with E-state index in [1.165, 1.54) is 13.8 Å². The number of rotatable bonds is 3. The number of carbonyl (C=O) groups is 3. The molecule has 0 saturated carbocycles. The van der Waals surface area contributed by atoms with E-state index in [4.69, 9.17) is 0 Å². The predicted molar refractivity (Wildman–Crippen MR) is 69.3 cm³/mol. The van der Waals surface area contributed by atoms with Crippen LogP contribution in [0.15, 0.2) is 18.2 Å². The molecule has 0 aromatic heterocycles. The highest BCUT2D eigenvalue weighted by Gasteiger charge is 2.44. The first-order valence-electron chi connectivity index (χ1n) is 6.10. The second-order valence-corrected chi connectivity index (χ2v) is 5.12. The number of carbonyl (C=O) groups excluding carboxylic acids is 3. The minimum atomic E-state index is -1.08. The lowest BCUT2D eigenvalue weighted by Crippen LogP contribution is -2.41. The van der Waals surface area contributed by atoms with Crippen molar-refractivity contribution >= 4 is 23.5 Å². The summed E-state index contributed by atoms with van der Waals surface area (Å²) in [6.45, 7) is 2.46. The molecule has 8 heteroatoms. The lowest BCUT2D eigenvalue weighted by Gasteiger charge is -2.15. The minimum Gasteiger partial charge on any atom is -0.324 e. The summed E-state index contributed by atoms with van der Waals surface area (Å²) in [4.78, 5) is 36.0. The number of nitrogens with zero attached hydrogens (tertiary/aromatic N) is 1. The summed E-state index contributed by atoms with van der Waals surface area (Å²) in [6, 6.07) is 1.96. The Morgan fingerprint density at radius 1 is 1.33 bits per heavy atom. The molecule has 6 nitrogen and oxygen atoms in total. The number of urea groups is 1. The first-order valence-corrected chi connectivity index (χ1v) is 6.10. The second kappa shape index (κ2) is 5.12. The highest BCUT2D eigenvalue weighted by atomic mass is 19.1. The van der Waals surface area contributed by atoms with E-state index in [2.05, 4.69) is 10.6 Å². The molecule has 0 bridgehead atoms. The van der Waals surface area contributed by atoms with Crippen LogP contribution in [0.1, 0.15) is 13.8 Å². The fraction of sp³-hybridized carbons (Fsp3) is 0.308. The molecule has 1 aromatic rings. The van der Waals surface area contributed by atoms with Crippen LogP contribution in [0.2, 0.25) is 0 Å². The quantitative estimate of drug-likeness (QED) is 0.824. The van der Waals surface area contributed by atoms with E-state index in [-0.39, 0.29) is 5.69 Å². The second-order valence-electron chi connectivity index (χ2n) is 5.12. The van der Waals surface area contributed by atoms with Gasteiger partial charge in [-0.1, -0.05) is 0 Å². The lowest BCUT2D eigenvalue weighted by molar-refractivity contribution is -0.132. The first-order chi connectivity index (χ1) is 9.70. The number of anilines is 1. The summed E-state index contributed by atoms with van der Waals surface area (Å²) in [5.74, 6) is -3.04. The summed E-state index contributed by atoms with van der Waals surface area (Å²) >= 11 is 0. The maximum absolute atomic E-state index is 13.4. The van der Waals surface area contributed by atoms with Crippen molar-refractivity contribution in [3.63, 3.8) is 0 Å². The van der Waals surface area contributed by atoms with Crippen molar-refractivity contribution in [1.29, 1.82) is 0 Å². The molecule has 1 saturated heterocycles. The molecule has 4 amide bonds. The normalized spacial score (nSPS) is 16.9. The molecule has 0 aliphatic carbocycles. The van der Waals surface area contributed by atoms with Gasteiger partial charge < -0.3 is 10.6 Å². The van der Waals surface area contributed by atoms with E-state index in [1.54, 1.807) is 0 Å². The van der Waals surface area contributed by atoms with Gasteiger partial charge in [0.15, 0.2) is 0 Å². The zero-order chi connectivity index (χ0) is 15.8. The maximum atomic E-state index is 13.4. The number of benzene rings is 1. The van der Waals surface area contributed by atoms with Gasteiger partial charge in [-0.15, -0.1) is 0 Å². The van der Waals surface area contributed by atoms with Crippen LogP contribution in [0.25, 0.3) is 0 Å². The third-order valence-corrected chi connectivity index (χ3v) is 2.95. The van der Waals surface area contributed by atoms with Gasteiger partial charge in [0.25, 0.3) is 5.91 Å². The summed E-state index contributed by atoms with van der Waals surface area (Å²) in [6.07, 6.45) is 0. The molecule has 0 unspecified atom stereocenters. The van der Waals surface area contributed by atoms with Gasteiger partial charge in [0.1, 0.15) is 23.7 Å². The number of amides is 4. The third kappa shape index (κ3) is 2.99. The molecule has 2 rings (SSSR count). The van der Waals surface area contributed by atoms with Crippen LogP contribution in [0.5, 0.6) is 0 Å². The monoisotopic (exact) mass is 297 g/mol. The summed E-state index contributed by atoms with van der Waals surface area (Å²) in [7, 11) is 0. The molecule has 0 radical (unpaired) electrons. The van der Waals surface area contributed by atoms with E-state index in [0.717, 1.165) is 17.0 Å². The third-order valence-electron chi connectivity index (χ3n) is 2.95. The van der Waals surface area contributed by atoms with Gasteiger partial charge in [-0.25, -0.2) is 13.6 Å². The van der Waals surface area contributed by atoms with Gasteiger partial charge in [-0.05, 0) is 26.0 Å². The number of nitrogens with one attached hydrogen (secondary N) is 2. The zero-order valence-corrected chi connectivity index (χ0v) is 11.4. The summed E-state index contributed by atoms with van der Waals surface area (Å²) in [5.41, 5.74) is -1.31. The van der Waals surface area contributed by atoms with Crippen molar-refractivity contribution in [2.45, 2.75) is 19.4 Å². The standard InChI is InChI=1S/C13H13F2N3O3/c1-13(2)11(20)18(12(21)17-13)6-10(19)16-9-4-3-7(14)5-8(9)15/h3-5H,6H2,1-2H3,(H,16,19)(H,17,21). The van der Waals surface area contributed by atoms with Crippen LogP contribution >= 0.6 is 0 Å². The molecule has 0 spiro atoms. The van der Waals surface area contributed by atoms with Crippen molar-refractivity contribution in [2.75, 3.05) is 11.9 Å². The molecular formula is C13H13F2N3O3. The Hall–Kier alpha value is -2.51. The van der Waals surface area contributed by atoms with Crippen LogP contribution in [-0.4, -0.2) is 34.8 Å². The fourth-order valence-corrected chi connectivity index (χ4v) is 1.89. The van der Waals surface area contributed by atoms with Gasteiger partial charge in [0.05, 0.1) is 5.69 Å². The molecular weight excluding hydrogens is 284 g/mol. The predicted octanol–water partition coefficient (Wildman–Crippen LogP) is 1.23. The van der Waals surface area contributed by atoms with Gasteiger partial charge >= 0.3 is 6.03 Å². The smallest absolute Gasteiger partial charge is 0.324 e. The topological polar surface area (TPSA) is 78.5 Å². The molecule has 112 valence electrons. The molecule has 1 aromatic carbocycles. The fourth-order valence-electron chi connectivity index (χ4n) is 1.89. The molecule has 1 aliphatic rings. The molecule has 1 heterocycles. The Balaban J connectivity index is 2.06. The SMILES string of the molecule is CC1(C)NC(=O)N(CC(=O)Nc2ccc(F)cc2F)C1=O. The van der Waals surface area contributed by atoms with Crippen molar-refractivity contribution in [1.82, 2.24) is 10.2 Å². The van der Waals surface area contributed by atoms with E-state index >= 15 is 0 Å². The molecule has 1 aliphatic heterocycles. The van der Waals surface area contributed by atoms with E-state index in [1.807, 2.05) is 0 Å². The lowest BCUT2D eigenvalue weighted by atomic mass is 10.1. The van der Waals surface area contributed by atoms with Crippen LogP contribution < -0.4 is 10.6 Å². The average Bonchev–Trinajstić information content (AvgIpc) is 2.55. The van der Waals surface area contributed by atoms with Gasteiger partial charge in [-0.2, -0.15) is 0 Å². The summed E-state index contributed by atoms with van der Waals surface area (Å²) in [5, 5.41) is 4.59. The largest absolute Gasteiger partial charge is 0.325 e. The van der Waals surface area contributed by atoms with E-state index in [0.29, 0.717) is 6.07 Å². The van der Waals surface area contributed by atoms with Crippen LogP contribution in [0, 0.1) is 11.6 Å². The van der Waals surface area contributed by atoms with Gasteiger partial charge in [0, 0.05) is 6.07 Å². The zero-order valence-electron chi connectivity index (χ0n) is 11.4. The Kier molecular flexibility index (Phi) is 3.63. The molecule has 1 fully saturated rings. The van der Waals surface area contributed by atoms with E-state index in [9.17, 15) is 23.2 Å². The Labute approximate surface area is 119 Å². The van der Waals surface area contributed by atoms with E-state index < -0.39 is 41.6 Å². The Bertz CT molecular complexity index is 631. The van der Waals surface area contributed by atoms with Crippen molar-refractivity contribution in [3.8, 4) is 0 Å². The number of hydrogen-bond donors (Lipinski definition) is 2. The number of hydrogen-bond acceptors (Lipinski definition) is 3. The summed E-state index contributed by atoms with van der Waals surface area (Å²) < 4.78 is 26.1. The number of imide groups is 1. The molecule has 21 heavy (non-hydrogen) atoms. The number of halogens is 2. The van der Waals surface area contributed by atoms with Crippen LogP contribution in [0.3, 0.4) is 0 Å². The first kappa shape index (κ1) is 14.9. The van der Waals surface area contributed by atoms with Crippen LogP contribution in [-0.2, 0) is 9.59 Å². The Morgan fingerprint density at radius 2 is 2.00 bits per heavy atom. The average molecular weight is 297 g/mol. The van der Waals surface area contributed by atoms with Crippen molar-refractivity contribution in [3.05, 3.63) is 29.8 Å². The highest BCUT2D eigenvalue weighted by molar-refractivity contribution is 6.09. The van der Waals surface area contributed by atoms with Gasteiger partial charge in [0.2, 0.25) is 5.91 Å². The maximum Gasteiger partial charge on any atom is 0.325 e. The Morgan fingerprint density at radius 3 is 2.52 bits per heavy atom. The molecule has 2 N–H and O–H groups in total. The minimum absolute atomic E-state index is 0.229.